The van der Waals surface area contributed by atoms with Gasteiger partial charge < -0.3 is 18.8 Å². The second-order valence-electron chi connectivity index (χ2n) is 2.61. The molecule has 0 aliphatic heterocycles. The van der Waals surface area contributed by atoms with E-state index in [2.05, 4.69) is 0 Å². The summed E-state index contributed by atoms with van der Waals surface area (Å²) in [5.41, 5.74) is 0. The third kappa shape index (κ3) is 2.40. The standard InChI is InChI=1S/C9H12O5S/c1-12-7-4-6(15(10)11)5-8(13-2)9(7)14-3/h4-5H,1-3H3,(H,10,11). The Labute approximate surface area is 90.2 Å². The lowest BCUT2D eigenvalue weighted by Crippen LogP contribution is -1.98. The van der Waals surface area contributed by atoms with Gasteiger partial charge in [0.05, 0.1) is 26.2 Å². The van der Waals surface area contributed by atoms with Crippen LogP contribution >= 0.6 is 0 Å². The van der Waals surface area contributed by atoms with Crippen molar-refractivity contribution in [2.75, 3.05) is 21.3 Å². The Morgan fingerprint density at radius 3 is 1.80 bits per heavy atom. The molecule has 0 aliphatic carbocycles. The average molecular weight is 232 g/mol. The Hall–Kier alpha value is -1.27. The van der Waals surface area contributed by atoms with E-state index >= 15 is 0 Å². The molecule has 0 spiro atoms. The minimum atomic E-state index is -2.08. The first kappa shape index (κ1) is 11.8. The molecule has 1 N–H and O–H groups in total. The summed E-state index contributed by atoms with van der Waals surface area (Å²) in [5, 5.41) is 0. The Morgan fingerprint density at radius 1 is 1.07 bits per heavy atom. The fraction of sp³-hybridized carbons (Fsp3) is 0.333. The number of rotatable bonds is 4. The quantitative estimate of drug-likeness (QED) is 0.792. The Morgan fingerprint density at radius 2 is 1.53 bits per heavy atom. The van der Waals surface area contributed by atoms with Crippen LogP contribution in [0.3, 0.4) is 0 Å². The van der Waals surface area contributed by atoms with E-state index in [9.17, 15) is 4.21 Å². The molecule has 6 heteroatoms. The summed E-state index contributed by atoms with van der Waals surface area (Å²) in [6, 6.07) is 2.86. The molecule has 15 heavy (non-hydrogen) atoms. The van der Waals surface area contributed by atoms with Gasteiger partial charge in [-0.1, -0.05) is 0 Å². The predicted molar refractivity (Wildman–Crippen MR) is 55.1 cm³/mol. The molecule has 1 unspecified atom stereocenters. The van der Waals surface area contributed by atoms with Gasteiger partial charge >= 0.3 is 0 Å². The maximum Gasteiger partial charge on any atom is 0.203 e. The average Bonchev–Trinajstić information content (AvgIpc) is 2.26. The zero-order valence-electron chi connectivity index (χ0n) is 8.64. The first-order valence-corrected chi connectivity index (χ1v) is 5.15. The number of hydrogen-bond donors (Lipinski definition) is 1. The molecular weight excluding hydrogens is 220 g/mol. The van der Waals surface area contributed by atoms with Gasteiger partial charge in [0.2, 0.25) is 5.75 Å². The van der Waals surface area contributed by atoms with Crippen molar-refractivity contribution < 1.29 is 23.0 Å². The van der Waals surface area contributed by atoms with Crippen LogP contribution in [-0.4, -0.2) is 30.1 Å². The van der Waals surface area contributed by atoms with Crippen molar-refractivity contribution in [3.63, 3.8) is 0 Å². The fourth-order valence-electron chi connectivity index (χ4n) is 1.16. The van der Waals surface area contributed by atoms with Crippen LogP contribution in [0.5, 0.6) is 17.2 Å². The van der Waals surface area contributed by atoms with Gasteiger partial charge in [-0.2, -0.15) is 0 Å². The molecule has 0 fully saturated rings. The zero-order valence-corrected chi connectivity index (χ0v) is 9.46. The van der Waals surface area contributed by atoms with Crippen LogP contribution in [0.25, 0.3) is 0 Å². The first-order chi connectivity index (χ1) is 7.13. The summed E-state index contributed by atoms with van der Waals surface area (Å²) >= 11 is -2.08. The smallest absolute Gasteiger partial charge is 0.203 e. The molecule has 1 aromatic carbocycles. The molecule has 0 aliphatic rings. The lowest BCUT2D eigenvalue weighted by Gasteiger charge is -2.12. The topological polar surface area (TPSA) is 65.0 Å². The first-order valence-electron chi connectivity index (χ1n) is 4.05. The van der Waals surface area contributed by atoms with Gasteiger partial charge in [0.25, 0.3) is 0 Å². The molecule has 0 bridgehead atoms. The van der Waals surface area contributed by atoms with Crippen LogP contribution in [0.1, 0.15) is 0 Å². The van der Waals surface area contributed by atoms with Gasteiger partial charge in [0.15, 0.2) is 22.6 Å². The highest BCUT2D eigenvalue weighted by Crippen LogP contribution is 2.38. The van der Waals surface area contributed by atoms with Crippen LogP contribution in [-0.2, 0) is 11.1 Å². The third-order valence-electron chi connectivity index (χ3n) is 1.84. The summed E-state index contributed by atoms with van der Waals surface area (Å²) < 4.78 is 34.9. The molecule has 1 aromatic rings. The van der Waals surface area contributed by atoms with Crippen molar-refractivity contribution in [2.24, 2.45) is 0 Å². The van der Waals surface area contributed by atoms with Crippen molar-refractivity contribution in [1.29, 1.82) is 0 Å². The van der Waals surface area contributed by atoms with E-state index in [1.165, 1.54) is 33.5 Å². The van der Waals surface area contributed by atoms with Crippen molar-refractivity contribution in [1.82, 2.24) is 0 Å². The maximum absolute atomic E-state index is 10.9. The van der Waals surface area contributed by atoms with Crippen LogP contribution in [0.15, 0.2) is 17.0 Å². The van der Waals surface area contributed by atoms with E-state index in [4.69, 9.17) is 18.8 Å². The normalized spacial score (nSPS) is 12.0. The van der Waals surface area contributed by atoms with E-state index in [1.807, 2.05) is 0 Å². The van der Waals surface area contributed by atoms with Crippen molar-refractivity contribution in [2.45, 2.75) is 4.90 Å². The van der Waals surface area contributed by atoms with Crippen LogP contribution in [0.2, 0.25) is 0 Å². The minimum Gasteiger partial charge on any atom is -0.493 e. The lowest BCUT2D eigenvalue weighted by molar-refractivity contribution is 0.322. The number of benzene rings is 1. The highest BCUT2D eigenvalue weighted by molar-refractivity contribution is 7.79. The largest absolute Gasteiger partial charge is 0.493 e. The lowest BCUT2D eigenvalue weighted by atomic mass is 10.3. The van der Waals surface area contributed by atoms with Crippen molar-refractivity contribution in [3.8, 4) is 17.2 Å². The molecule has 84 valence electrons. The van der Waals surface area contributed by atoms with Crippen molar-refractivity contribution >= 4 is 11.1 Å². The second-order valence-corrected chi connectivity index (χ2v) is 3.58. The number of ether oxygens (including phenoxy) is 3. The fourth-order valence-corrected chi connectivity index (χ4v) is 1.57. The summed E-state index contributed by atoms with van der Waals surface area (Å²) in [7, 11) is 4.36. The highest BCUT2D eigenvalue weighted by Gasteiger charge is 2.15. The molecule has 0 radical (unpaired) electrons. The van der Waals surface area contributed by atoms with E-state index < -0.39 is 11.1 Å². The molecule has 0 amide bonds. The summed E-state index contributed by atoms with van der Waals surface area (Å²) in [4.78, 5) is 0.199. The number of methoxy groups -OCH3 is 3. The molecule has 1 rings (SSSR count). The predicted octanol–water partition coefficient (Wildman–Crippen LogP) is 1.29. The van der Waals surface area contributed by atoms with Crippen molar-refractivity contribution in [3.05, 3.63) is 12.1 Å². The molecular formula is C9H12O5S. The SMILES string of the molecule is COc1cc(S(=O)O)cc(OC)c1OC. The van der Waals surface area contributed by atoms with Gasteiger partial charge in [-0.05, 0) is 0 Å². The van der Waals surface area contributed by atoms with Crippen LogP contribution in [0.4, 0.5) is 0 Å². The van der Waals surface area contributed by atoms with Gasteiger partial charge in [-0.3, -0.25) is 0 Å². The van der Waals surface area contributed by atoms with E-state index in [1.54, 1.807) is 0 Å². The molecule has 0 saturated heterocycles. The zero-order chi connectivity index (χ0) is 11.4. The Bertz CT molecular complexity index is 352. The van der Waals surface area contributed by atoms with E-state index in [0.29, 0.717) is 17.2 Å². The van der Waals surface area contributed by atoms with Gasteiger partial charge in [-0.15, -0.1) is 0 Å². The van der Waals surface area contributed by atoms with Crippen LogP contribution in [0, 0.1) is 0 Å². The Kier molecular flexibility index (Phi) is 3.93. The van der Waals surface area contributed by atoms with E-state index in [-0.39, 0.29) is 4.90 Å². The van der Waals surface area contributed by atoms with Gasteiger partial charge in [-0.25, -0.2) is 4.21 Å². The highest BCUT2D eigenvalue weighted by atomic mass is 32.2. The molecule has 5 nitrogen and oxygen atoms in total. The summed E-state index contributed by atoms with van der Waals surface area (Å²) in [5.74, 6) is 1.11. The third-order valence-corrected chi connectivity index (χ3v) is 2.48. The van der Waals surface area contributed by atoms with Gasteiger partial charge in [0.1, 0.15) is 0 Å². The van der Waals surface area contributed by atoms with E-state index in [0.717, 1.165) is 0 Å². The monoisotopic (exact) mass is 232 g/mol. The minimum absolute atomic E-state index is 0.199. The molecule has 0 heterocycles. The van der Waals surface area contributed by atoms with Crippen LogP contribution < -0.4 is 14.2 Å². The molecule has 0 saturated carbocycles. The Balaban J connectivity index is 3.35. The number of hydrogen-bond acceptors (Lipinski definition) is 4. The van der Waals surface area contributed by atoms with Gasteiger partial charge in [0, 0.05) is 12.1 Å². The summed E-state index contributed by atoms with van der Waals surface area (Å²) in [6.07, 6.45) is 0. The molecule has 0 aromatic heterocycles. The molecule has 1 atom stereocenters. The second kappa shape index (κ2) is 4.99. The maximum atomic E-state index is 10.9. The summed E-state index contributed by atoms with van der Waals surface area (Å²) in [6.45, 7) is 0.